The summed E-state index contributed by atoms with van der Waals surface area (Å²) < 4.78 is 68.9. The normalized spacial score (nSPS) is 16.9. The first-order valence-corrected chi connectivity index (χ1v) is 16.9. The fraction of sp³-hybridized carbons (Fsp3) is 0.375. The first-order chi connectivity index (χ1) is 22.2. The van der Waals surface area contributed by atoms with E-state index in [1.54, 1.807) is 17.0 Å². The van der Waals surface area contributed by atoms with Gasteiger partial charge in [0.1, 0.15) is 5.75 Å². The number of likely N-dealkylation sites (N-methyl/N-ethyl adjacent to an activating group) is 1. The molecule has 252 valence electrons. The average molecular weight is 675 g/mol. The first kappa shape index (κ1) is 34.2. The summed E-state index contributed by atoms with van der Waals surface area (Å²) in [7, 11) is -1.23. The fourth-order valence-corrected chi connectivity index (χ4v) is 6.26. The van der Waals surface area contributed by atoms with E-state index in [4.69, 9.17) is 0 Å². The van der Waals surface area contributed by atoms with Crippen molar-refractivity contribution >= 4 is 33.3 Å². The number of alkyl halides is 3. The highest BCUT2D eigenvalue weighted by Gasteiger charge is 2.32. The number of piperazine rings is 2. The van der Waals surface area contributed by atoms with Gasteiger partial charge in [0.2, 0.25) is 10.0 Å². The van der Waals surface area contributed by atoms with Crippen LogP contribution in [0.5, 0.6) is 5.75 Å². The Labute approximate surface area is 271 Å². The van der Waals surface area contributed by atoms with Gasteiger partial charge in [-0.05, 0) is 60.6 Å². The molecule has 2 aliphatic rings. The second-order valence-corrected chi connectivity index (χ2v) is 13.6. The molecule has 11 nitrogen and oxygen atoms in total. The minimum absolute atomic E-state index is 0.0961. The number of urea groups is 1. The highest BCUT2D eigenvalue weighted by Crippen LogP contribution is 2.36. The van der Waals surface area contributed by atoms with E-state index >= 15 is 0 Å². The standard InChI is InChI=1S/C32H37F3N6O5S/c1-38-13-17-40(18-14-38)31(43)37-27-11-12-29(46-32(33,34)35)28(21-27)24-5-7-25(8-6-24)30(42)36-26-9-3-23(4-10-26)22-39-15-19-41(20-16-39)47(2,44)45/h3-12,21H,13-20,22H2,1-2H3,(H,36,42)(H,37,43). The van der Waals surface area contributed by atoms with E-state index in [1.807, 2.05) is 19.2 Å². The number of halogens is 3. The first-order valence-electron chi connectivity index (χ1n) is 15.1. The zero-order valence-electron chi connectivity index (χ0n) is 26.1. The van der Waals surface area contributed by atoms with Crippen LogP contribution in [0, 0.1) is 0 Å². The number of nitrogens with one attached hydrogen (secondary N) is 2. The van der Waals surface area contributed by atoms with Crippen LogP contribution in [-0.2, 0) is 16.6 Å². The van der Waals surface area contributed by atoms with Crippen LogP contribution >= 0.6 is 0 Å². The molecule has 0 aliphatic carbocycles. The van der Waals surface area contributed by atoms with Crippen molar-refractivity contribution in [3.05, 3.63) is 77.9 Å². The maximum atomic E-state index is 13.2. The molecular weight excluding hydrogens is 637 g/mol. The Morgan fingerprint density at radius 3 is 2.02 bits per heavy atom. The SMILES string of the molecule is CN1CCN(C(=O)Nc2ccc(OC(F)(F)F)c(-c3ccc(C(=O)Nc4ccc(CN5CCN(S(C)(=O)=O)CC5)cc4)cc3)c2)CC1. The molecule has 2 aliphatic heterocycles. The van der Waals surface area contributed by atoms with Crippen molar-refractivity contribution in [2.45, 2.75) is 12.9 Å². The van der Waals surface area contributed by atoms with Crippen LogP contribution in [0.2, 0.25) is 0 Å². The molecule has 2 saturated heterocycles. The number of ether oxygens (including phenoxy) is 1. The predicted molar refractivity (Wildman–Crippen MR) is 173 cm³/mol. The second-order valence-electron chi connectivity index (χ2n) is 11.6. The van der Waals surface area contributed by atoms with E-state index in [9.17, 15) is 31.2 Å². The molecule has 0 unspecified atom stereocenters. The van der Waals surface area contributed by atoms with Gasteiger partial charge in [0.15, 0.2) is 0 Å². The van der Waals surface area contributed by atoms with Gasteiger partial charge in [-0.2, -0.15) is 4.31 Å². The highest BCUT2D eigenvalue weighted by molar-refractivity contribution is 7.88. The molecule has 5 rings (SSSR count). The number of amides is 3. The van der Waals surface area contributed by atoms with Gasteiger partial charge in [-0.3, -0.25) is 9.69 Å². The maximum Gasteiger partial charge on any atom is 0.573 e. The van der Waals surface area contributed by atoms with Gasteiger partial charge in [0.25, 0.3) is 5.91 Å². The predicted octanol–water partition coefficient (Wildman–Crippen LogP) is 4.36. The molecule has 3 aromatic carbocycles. The van der Waals surface area contributed by atoms with E-state index in [0.29, 0.717) is 68.3 Å². The van der Waals surface area contributed by atoms with Gasteiger partial charge in [-0.15, -0.1) is 13.2 Å². The summed E-state index contributed by atoms with van der Waals surface area (Å²) in [5.41, 5.74) is 2.63. The van der Waals surface area contributed by atoms with Crippen LogP contribution in [0.1, 0.15) is 15.9 Å². The van der Waals surface area contributed by atoms with Crippen LogP contribution in [0.4, 0.5) is 29.3 Å². The van der Waals surface area contributed by atoms with Gasteiger partial charge in [-0.25, -0.2) is 13.2 Å². The summed E-state index contributed by atoms with van der Waals surface area (Å²) in [5, 5.41) is 5.58. The molecule has 0 spiro atoms. The number of carbonyl (C=O) groups excluding carboxylic acids is 2. The number of nitrogens with zero attached hydrogens (tertiary/aromatic N) is 4. The number of rotatable bonds is 8. The summed E-state index contributed by atoms with van der Waals surface area (Å²) in [6, 6.07) is 16.9. The molecule has 15 heteroatoms. The Morgan fingerprint density at radius 2 is 1.43 bits per heavy atom. The van der Waals surface area contributed by atoms with Crippen LogP contribution in [0.25, 0.3) is 11.1 Å². The van der Waals surface area contributed by atoms with Crippen LogP contribution in [0.3, 0.4) is 0 Å². The van der Waals surface area contributed by atoms with E-state index in [2.05, 4.69) is 25.2 Å². The largest absolute Gasteiger partial charge is 0.573 e. The van der Waals surface area contributed by atoms with Crippen molar-refractivity contribution < 1.29 is 35.9 Å². The zero-order valence-corrected chi connectivity index (χ0v) is 26.9. The number of benzene rings is 3. The van der Waals surface area contributed by atoms with Crippen LogP contribution in [0.15, 0.2) is 66.7 Å². The third-order valence-corrected chi connectivity index (χ3v) is 9.43. The molecule has 0 atom stereocenters. The number of sulfonamides is 1. The third-order valence-electron chi connectivity index (χ3n) is 8.12. The van der Waals surface area contributed by atoms with Gasteiger partial charge >= 0.3 is 12.4 Å². The molecule has 3 amide bonds. The van der Waals surface area contributed by atoms with E-state index < -0.39 is 28.0 Å². The van der Waals surface area contributed by atoms with Crippen molar-refractivity contribution in [1.82, 2.24) is 19.0 Å². The maximum absolute atomic E-state index is 13.2. The lowest BCUT2D eigenvalue weighted by atomic mass is 10.0. The highest BCUT2D eigenvalue weighted by atomic mass is 32.2. The lowest BCUT2D eigenvalue weighted by molar-refractivity contribution is -0.274. The minimum Gasteiger partial charge on any atom is -0.405 e. The Bertz CT molecular complexity index is 1670. The Balaban J connectivity index is 1.23. The van der Waals surface area contributed by atoms with Crippen molar-refractivity contribution in [2.24, 2.45) is 0 Å². The number of hydrogen-bond donors (Lipinski definition) is 2. The fourth-order valence-electron chi connectivity index (χ4n) is 5.43. The lowest BCUT2D eigenvalue weighted by Crippen LogP contribution is -2.48. The van der Waals surface area contributed by atoms with E-state index in [1.165, 1.54) is 47.0 Å². The molecule has 0 bridgehead atoms. The quantitative estimate of drug-likeness (QED) is 0.365. The molecular formula is C32H37F3N6O5S. The van der Waals surface area contributed by atoms with Crippen molar-refractivity contribution in [3.8, 4) is 16.9 Å². The smallest absolute Gasteiger partial charge is 0.405 e. The zero-order chi connectivity index (χ0) is 33.8. The molecule has 3 aromatic rings. The molecule has 0 radical (unpaired) electrons. The Morgan fingerprint density at radius 1 is 0.809 bits per heavy atom. The monoisotopic (exact) mass is 674 g/mol. The topological polar surface area (TPSA) is 115 Å². The number of carbonyl (C=O) groups is 2. The number of anilines is 2. The van der Waals surface area contributed by atoms with Gasteiger partial charge in [-0.1, -0.05) is 24.3 Å². The lowest BCUT2D eigenvalue weighted by Gasteiger charge is -2.33. The van der Waals surface area contributed by atoms with Crippen LogP contribution in [-0.4, -0.2) is 111 Å². The number of hydrogen-bond acceptors (Lipinski definition) is 7. The summed E-state index contributed by atoms with van der Waals surface area (Å²) in [6.07, 6.45) is -3.72. The van der Waals surface area contributed by atoms with E-state index in [0.717, 1.165) is 24.7 Å². The average Bonchev–Trinajstić information content (AvgIpc) is 3.02. The third kappa shape index (κ3) is 9.44. The minimum atomic E-state index is -4.93. The summed E-state index contributed by atoms with van der Waals surface area (Å²) >= 11 is 0. The molecule has 2 heterocycles. The van der Waals surface area contributed by atoms with Gasteiger partial charge in [0.05, 0.1) is 6.26 Å². The van der Waals surface area contributed by atoms with Crippen molar-refractivity contribution in [1.29, 1.82) is 0 Å². The van der Waals surface area contributed by atoms with Crippen LogP contribution < -0.4 is 15.4 Å². The molecule has 0 aromatic heterocycles. The molecule has 2 N–H and O–H groups in total. The van der Waals surface area contributed by atoms with Gasteiger partial charge in [0, 0.05) is 81.4 Å². The summed E-state index contributed by atoms with van der Waals surface area (Å²) in [5.74, 6) is -0.842. The Kier molecular flexibility index (Phi) is 10.4. The molecule has 0 saturated carbocycles. The van der Waals surface area contributed by atoms with Crippen molar-refractivity contribution in [2.75, 3.05) is 76.3 Å². The van der Waals surface area contributed by atoms with Crippen molar-refractivity contribution in [3.63, 3.8) is 0 Å². The Hall–Kier alpha value is -4.18. The second kappa shape index (κ2) is 14.3. The summed E-state index contributed by atoms with van der Waals surface area (Å²) in [4.78, 5) is 31.7. The van der Waals surface area contributed by atoms with E-state index in [-0.39, 0.29) is 11.6 Å². The summed E-state index contributed by atoms with van der Waals surface area (Å²) in [6.45, 7) is 5.29. The molecule has 2 fully saturated rings. The van der Waals surface area contributed by atoms with Gasteiger partial charge < -0.3 is 25.2 Å². The molecule has 47 heavy (non-hydrogen) atoms.